The number of amides is 1. The first kappa shape index (κ1) is 20.0. The number of nitro groups is 1. The molecule has 0 saturated carbocycles. The Hall–Kier alpha value is -3.26. The van der Waals surface area contributed by atoms with Gasteiger partial charge in [0.15, 0.2) is 0 Å². The van der Waals surface area contributed by atoms with Gasteiger partial charge in [0.2, 0.25) is 0 Å². The number of carbonyl (C=O) groups is 1. The number of nitrogens with zero attached hydrogens (tertiary/aromatic N) is 2. The van der Waals surface area contributed by atoms with E-state index in [0.717, 1.165) is 31.6 Å². The minimum atomic E-state index is -0.438. The number of aryl methyl sites for hydroxylation is 1. The standard InChI is InChI=1S/C24H17IN2O3/c1-16-6-10-18(11-7-16)23-15-19(14-17-8-12-20(13-9-17)27(29)30)24(28)26(23)22-5-3-2-4-21(22)25/h2-15H,1H3/b19-14+. The van der Waals surface area contributed by atoms with E-state index in [9.17, 15) is 14.9 Å². The van der Waals surface area contributed by atoms with Gasteiger partial charge in [-0.2, -0.15) is 0 Å². The van der Waals surface area contributed by atoms with E-state index in [4.69, 9.17) is 0 Å². The highest BCUT2D eigenvalue weighted by Gasteiger charge is 2.31. The highest BCUT2D eigenvalue weighted by atomic mass is 127. The number of para-hydroxylation sites is 1. The lowest BCUT2D eigenvalue weighted by molar-refractivity contribution is -0.384. The molecule has 0 bridgehead atoms. The van der Waals surface area contributed by atoms with E-state index >= 15 is 0 Å². The van der Waals surface area contributed by atoms with E-state index in [1.165, 1.54) is 12.1 Å². The van der Waals surface area contributed by atoms with Gasteiger partial charge in [-0.15, -0.1) is 0 Å². The molecule has 1 amide bonds. The van der Waals surface area contributed by atoms with Crippen molar-refractivity contribution in [2.45, 2.75) is 6.92 Å². The number of hydrogen-bond donors (Lipinski definition) is 0. The fourth-order valence-corrected chi connectivity index (χ4v) is 3.92. The smallest absolute Gasteiger partial charge is 0.269 e. The van der Waals surface area contributed by atoms with Crippen LogP contribution in [0.1, 0.15) is 16.7 Å². The Labute approximate surface area is 187 Å². The molecule has 0 fully saturated rings. The Balaban J connectivity index is 1.80. The van der Waals surface area contributed by atoms with E-state index in [1.54, 1.807) is 23.1 Å². The van der Waals surface area contributed by atoms with Crippen molar-refractivity contribution in [3.05, 3.63) is 115 Å². The van der Waals surface area contributed by atoms with Crippen molar-refractivity contribution in [1.82, 2.24) is 0 Å². The third-order valence-corrected chi connectivity index (χ3v) is 5.76. The lowest BCUT2D eigenvalue weighted by Gasteiger charge is -2.22. The van der Waals surface area contributed by atoms with Crippen LogP contribution >= 0.6 is 22.6 Å². The number of benzene rings is 3. The van der Waals surface area contributed by atoms with E-state index in [2.05, 4.69) is 22.6 Å². The third-order valence-electron chi connectivity index (χ3n) is 4.85. The van der Waals surface area contributed by atoms with Gasteiger partial charge < -0.3 is 0 Å². The highest BCUT2D eigenvalue weighted by Crippen LogP contribution is 2.37. The van der Waals surface area contributed by atoms with Crippen molar-refractivity contribution in [2.75, 3.05) is 4.90 Å². The number of rotatable bonds is 4. The molecule has 5 nitrogen and oxygen atoms in total. The fraction of sp³-hybridized carbons (Fsp3) is 0.0417. The minimum absolute atomic E-state index is 0.0197. The molecule has 3 aromatic carbocycles. The number of halogens is 1. The van der Waals surface area contributed by atoms with E-state index in [-0.39, 0.29) is 11.6 Å². The molecule has 0 atom stereocenters. The van der Waals surface area contributed by atoms with Crippen LogP contribution in [0.2, 0.25) is 0 Å². The van der Waals surface area contributed by atoms with Crippen LogP contribution in [0.3, 0.4) is 0 Å². The first-order chi connectivity index (χ1) is 14.4. The van der Waals surface area contributed by atoms with E-state index < -0.39 is 4.92 Å². The molecule has 3 aromatic rings. The van der Waals surface area contributed by atoms with E-state index in [0.29, 0.717) is 5.57 Å². The highest BCUT2D eigenvalue weighted by molar-refractivity contribution is 14.1. The molecular weight excluding hydrogens is 491 g/mol. The van der Waals surface area contributed by atoms with Gasteiger partial charge in [0.1, 0.15) is 0 Å². The van der Waals surface area contributed by atoms with Crippen LogP contribution in [0.4, 0.5) is 11.4 Å². The van der Waals surface area contributed by atoms with Gasteiger partial charge in [-0.3, -0.25) is 19.8 Å². The second kappa shape index (κ2) is 8.23. The Morgan fingerprint density at radius 3 is 2.27 bits per heavy atom. The summed E-state index contributed by atoms with van der Waals surface area (Å²) in [6.07, 6.45) is 3.63. The summed E-state index contributed by atoms with van der Waals surface area (Å²) in [5.74, 6) is -0.131. The zero-order valence-corrected chi connectivity index (χ0v) is 18.2. The maximum absolute atomic E-state index is 13.4. The van der Waals surface area contributed by atoms with Crippen LogP contribution in [-0.4, -0.2) is 10.8 Å². The van der Waals surface area contributed by atoms with Gasteiger partial charge in [-0.05, 0) is 77.1 Å². The zero-order valence-electron chi connectivity index (χ0n) is 16.1. The Morgan fingerprint density at radius 2 is 1.63 bits per heavy atom. The van der Waals surface area contributed by atoms with Gasteiger partial charge in [-0.25, -0.2) is 0 Å². The largest absolute Gasteiger partial charge is 0.275 e. The summed E-state index contributed by atoms with van der Waals surface area (Å²) in [7, 11) is 0. The van der Waals surface area contributed by atoms with Crippen LogP contribution in [0.25, 0.3) is 11.8 Å². The molecule has 0 unspecified atom stereocenters. The lowest BCUT2D eigenvalue weighted by Crippen LogP contribution is -2.25. The maximum Gasteiger partial charge on any atom is 0.269 e. The molecule has 1 aliphatic rings. The Kier molecular flexibility index (Phi) is 5.50. The van der Waals surface area contributed by atoms with Crippen molar-refractivity contribution in [2.24, 2.45) is 0 Å². The Bertz CT molecular complexity index is 1200. The summed E-state index contributed by atoms with van der Waals surface area (Å²) in [6.45, 7) is 2.02. The maximum atomic E-state index is 13.4. The number of nitro benzene ring substituents is 1. The molecule has 4 rings (SSSR count). The van der Waals surface area contributed by atoms with Crippen molar-refractivity contribution in [1.29, 1.82) is 0 Å². The number of non-ortho nitro benzene ring substituents is 1. The predicted octanol–water partition coefficient (Wildman–Crippen LogP) is 5.98. The van der Waals surface area contributed by atoms with Crippen molar-refractivity contribution >= 4 is 51.6 Å². The average molecular weight is 508 g/mol. The summed E-state index contributed by atoms with van der Waals surface area (Å²) in [5.41, 5.74) is 4.99. The zero-order chi connectivity index (χ0) is 21.3. The monoisotopic (exact) mass is 508 g/mol. The lowest BCUT2D eigenvalue weighted by atomic mass is 10.1. The summed E-state index contributed by atoms with van der Waals surface area (Å²) < 4.78 is 0.970. The van der Waals surface area contributed by atoms with Crippen molar-refractivity contribution in [3.8, 4) is 0 Å². The van der Waals surface area contributed by atoms with Crippen LogP contribution < -0.4 is 4.90 Å². The van der Waals surface area contributed by atoms with Gasteiger partial charge in [0.05, 0.1) is 16.3 Å². The molecule has 6 heteroatoms. The van der Waals surface area contributed by atoms with Crippen LogP contribution in [-0.2, 0) is 4.79 Å². The third kappa shape index (κ3) is 3.91. The molecule has 0 spiro atoms. The van der Waals surface area contributed by atoms with Crippen molar-refractivity contribution < 1.29 is 9.72 Å². The molecule has 30 heavy (non-hydrogen) atoms. The topological polar surface area (TPSA) is 63.5 Å². The van der Waals surface area contributed by atoms with Gasteiger partial charge in [0.25, 0.3) is 11.6 Å². The van der Waals surface area contributed by atoms with Gasteiger partial charge in [0, 0.05) is 21.3 Å². The Morgan fingerprint density at radius 1 is 0.967 bits per heavy atom. The second-order valence-corrected chi connectivity index (χ2v) is 8.10. The second-order valence-electron chi connectivity index (χ2n) is 6.94. The molecule has 1 aliphatic heterocycles. The van der Waals surface area contributed by atoms with Crippen LogP contribution in [0.15, 0.2) is 84.4 Å². The van der Waals surface area contributed by atoms with Crippen LogP contribution in [0, 0.1) is 20.6 Å². The summed E-state index contributed by atoms with van der Waals surface area (Å²) in [6, 6.07) is 22.0. The molecular formula is C24H17IN2O3. The SMILES string of the molecule is Cc1ccc(C2=C/C(=C\c3ccc([N+](=O)[O-])cc3)C(=O)N2c2ccccc2I)cc1. The summed E-state index contributed by atoms with van der Waals surface area (Å²) >= 11 is 2.23. The van der Waals surface area contributed by atoms with Gasteiger partial charge >= 0.3 is 0 Å². The molecule has 0 N–H and O–H groups in total. The molecule has 148 valence electrons. The number of anilines is 1. The van der Waals surface area contributed by atoms with Crippen molar-refractivity contribution in [3.63, 3.8) is 0 Å². The quantitative estimate of drug-likeness (QED) is 0.189. The summed E-state index contributed by atoms with van der Waals surface area (Å²) in [5, 5.41) is 10.9. The number of hydrogen-bond acceptors (Lipinski definition) is 3. The molecule has 0 aromatic heterocycles. The molecule has 0 radical (unpaired) electrons. The first-order valence-corrected chi connectivity index (χ1v) is 10.4. The minimum Gasteiger partial charge on any atom is -0.275 e. The molecule has 0 saturated heterocycles. The van der Waals surface area contributed by atoms with Crippen LogP contribution in [0.5, 0.6) is 0 Å². The summed E-state index contributed by atoms with van der Waals surface area (Å²) in [4.78, 5) is 25.6. The van der Waals surface area contributed by atoms with Gasteiger partial charge in [-0.1, -0.05) is 42.0 Å². The normalized spacial score (nSPS) is 14.9. The average Bonchev–Trinajstić information content (AvgIpc) is 3.05. The molecule has 0 aliphatic carbocycles. The van der Waals surface area contributed by atoms with E-state index in [1.807, 2.05) is 61.5 Å². The predicted molar refractivity (Wildman–Crippen MR) is 127 cm³/mol. The fourth-order valence-electron chi connectivity index (χ4n) is 3.30. The first-order valence-electron chi connectivity index (χ1n) is 9.28. The molecule has 1 heterocycles. The number of carbonyl (C=O) groups excluding carboxylic acids is 1.